The maximum Gasteiger partial charge on any atom is 0.251 e. The van der Waals surface area contributed by atoms with Crippen molar-refractivity contribution in [2.75, 3.05) is 6.54 Å². The number of carbonyl (C=O) groups is 1. The number of benzene rings is 1. The molecule has 2 aromatic rings. The van der Waals surface area contributed by atoms with E-state index in [-0.39, 0.29) is 5.91 Å². The number of hydrogen-bond donors (Lipinski definition) is 1. The number of nitriles is 1. The standard InChI is InChI=1S/C13H13N5O/c14-8-11-2-4-12(5-3-11)13(19)16-6-1-7-18-10-15-9-17-18/h2-5,9-10H,1,6-7H2,(H,16,19). The van der Waals surface area contributed by atoms with E-state index in [0.717, 1.165) is 6.42 Å². The van der Waals surface area contributed by atoms with Crippen LogP contribution in [0.5, 0.6) is 0 Å². The smallest absolute Gasteiger partial charge is 0.251 e. The maximum absolute atomic E-state index is 11.8. The Kier molecular flexibility index (Phi) is 4.24. The van der Waals surface area contributed by atoms with Crippen molar-refractivity contribution >= 4 is 5.91 Å². The predicted octanol–water partition coefficient (Wildman–Crippen LogP) is 0.970. The van der Waals surface area contributed by atoms with E-state index in [2.05, 4.69) is 15.4 Å². The molecule has 0 bridgehead atoms. The second-order valence-electron chi connectivity index (χ2n) is 3.96. The van der Waals surface area contributed by atoms with Gasteiger partial charge in [-0.1, -0.05) is 0 Å². The fourth-order valence-corrected chi connectivity index (χ4v) is 1.59. The van der Waals surface area contributed by atoms with Gasteiger partial charge in [-0.05, 0) is 30.7 Å². The summed E-state index contributed by atoms with van der Waals surface area (Å²) in [5.41, 5.74) is 1.10. The topological polar surface area (TPSA) is 83.6 Å². The molecule has 19 heavy (non-hydrogen) atoms. The molecule has 0 spiro atoms. The number of carbonyl (C=O) groups excluding carboxylic acids is 1. The normalized spacial score (nSPS) is 9.84. The first kappa shape index (κ1) is 12.8. The van der Waals surface area contributed by atoms with E-state index in [1.54, 1.807) is 35.3 Å². The third-order valence-corrected chi connectivity index (χ3v) is 2.59. The number of nitrogens with zero attached hydrogens (tertiary/aromatic N) is 4. The monoisotopic (exact) mass is 255 g/mol. The highest BCUT2D eigenvalue weighted by atomic mass is 16.1. The zero-order chi connectivity index (χ0) is 13.5. The molecule has 6 heteroatoms. The van der Waals surface area contributed by atoms with Gasteiger partial charge in [0.25, 0.3) is 5.91 Å². The van der Waals surface area contributed by atoms with Crippen LogP contribution in [-0.2, 0) is 6.54 Å². The van der Waals surface area contributed by atoms with Crippen molar-refractivity contribution in [3.63, 3.8) is 0 Å². The van der Waals surface area contributed by atoms with Crippen LogP contribution in [0.4, 0.5) is 0 Å². The molecule has 1 aromatic heterocycles. The summed E-state index contributed by atoms with van der Waals surface area (Å²) >= 11 is 0. The summed E-state index contributed by atoms with van der Waals surface area (Å²) in [4.78, 5) is 15.6. The van der Waals surface area contributed by atoms with Gasteiger partial charge in [0.05, 0.1) is 11.6 Å². The maximum atomic E-state index is 11.8. The van der Waals surface area contributed by atoms with Crippen LogP contribution >= 0.6 is 0 Å². The van der Waals surface area contributed by atoms with Gasteiger partial charge in [0, 0.05) is 18.7 Å². The van der Waals surface area contributed by atoms with Crippen LogP contribution in [0.25, 0.3) is 0 Å². The van der Waals surface area contributed by atoms with Crippen LogP contribution in [0.2, 0.25) is 0 Å². The van der Waals surface area contributed by atoms with E-state index in [4.69, 9.17) is 5.26 Å². The summed E-state index contributed by atoms with van der Waals surface area (Å²) < 4.78 is 1.72. The predicted molar refractivity (Wildman–Crippen MR) is 68.1 cm³/mol. The largest absolute Gasteiger partial charge is 0.352 e. The van der Waals surface area contributed by atoms with Crippen LogP contribution in [0.15, 0.2) is 36.9 Å². The second kappa shape index (κ2) is 6.31. The molecule has 0 atom stereocenters. The fraction of sp³-hybridized carbons (Fsp3) is 0.231. The van der Waals surface area contributed by atoms with Gasteiger partial charge in [-0.3, -0.25) is 9.48 Å². The van der Waals surface area contributed by atoms with E-state index >= 15 is 0 Å². The van der Waals surface area contributed by atoms with Crippen LogP contribution in [0, 0.1) is 11.3 Å². The molecule has 1 amide bonds. The Bertz CT molecular complexity index is 568. The van der Waals surface area contributed by atoms with Gasteiger partial charge < -0.3 is 5.32 Å². The number of rotatable bonds is 5. The molecule has 0 aliphatic heterocycles. The third kappa shape index (κ3) is 3.64. The zero-order valence-corrected chi connectivity index (χ0v) is 10.3. The van der Waals surface area contributed by atoms with Crippen LogP contribution in [0.3, 0.4) is 0 Å². The van der Waals surface area contributed by atoms with Gasteiger partial charge in [0.2, 0.25) is 0 Å². The van der Waals surface area contributed by atoms with Crippen molar-refractivity contribution in [2.45, 2.75) is 13.0 Å². The Morgan fingerprint density at radius 3 is 2.79 bits per heavy atom. The molecule has 0 unspecified atom stereocenters. The number of nitrogens with one attached hydrogen (secondary N) is 1. The number of amides is 1. The molecule has 0 saturated heterocycles. The molecule has 0 aliphatic rings. The molecule has 2 rings (SSSR count). The first-order valence-electron chi connectivity index (χ1n) is 5.90. The molecule has 1 heterocycles. The lowest BCUT2D eigenvalue weighted by Gasteiger charge is -2.05. The molecule has 1 N–H and O–H groups in total. The molecule has 0 saturated carbocycles. The van der Waals surface area contributed by atoms with Gasteiger partial charge in [0.1, 0.15) is 12.7 Å². The molecular weight excluding hydrogens is 242 g/mol. The molecule has 96 valence electrons. The van der Waals surface area contributed by atoms with E-state index < -0.39 is 0 Å². The van der Waals surface area contributed by atoms with Crippen molar-refractivity contribution in [3.8, 4) is 6.07 Å². The Morgan fingerprint density at radius 1 is 1.37 bits per heavy atom. The quantitative estimate of drug-likeness (QED) is 0.807. The number of aromatic nitrogens is 3. The van der Waals surface area contributed by atoms with Crippen LogP contribution in [-0.4, -0.2) is 27.2 Å². The minimum atomic E-state index is -0.136. The summed E-state index contributed by atoms with van der Waals surface area (Å²) in [6.45, 7) is 1.28. The molecule has 6 nitrogen and oxygen atoms in total. The Balaban J connectivity index is 1.76. The highest BCUT2D eigenvalue weighted by Crippen LogP contribution is 2.03. The Labute approximate surface area is 110 Å². The summed E-state index contributed by atoms with van der Waals surface area (Å²) in [6, 6.07) is 8.56. The summed E-state index contributed by atoms with van der Waals surface area (Å²) in [5.74, 6) is -0.136. The molecule has 0 aliphatic carbocycles. The van der Waals surface area contributed by atoms with Crippen molar-refractivity contribution in [1.29, 1.82) is 5.26 Å². The lowest BCUT2D eigenvalue weighted by molar-refractivity contribution is 0.0952. The lowest BCUT2D eigenvalue weighted by atomic mass is 10.1. The van der Waals surface area contributed by atoms with E-state index in [1.807, 2.05) is 6.07 Å². The van der Waals surface area contributed by atoms with Gasteiger partial charge in [-0.25, -0.2) is 4.98 Å². The van der Waals surface area contributed by atoms with Gasteiger partial charge in [0.15, 0.2) is 0 Å². The van der Waals surface area contributed by atoms with Crippen molar-refractivity contribution < 1.29 is 4.79 Å². The fourth-order valence-electron chi connectivity index (χ4n) is 1.59. The minimum absolute atomic E-state index is 0.136. The zero-order valence-electron chi connectivity index (χ0n) is 10.3. The highest BCUT2D eigenvalue weighted by Gasteiger charge is 2.04. The number of hydrogen-bond acceptors (Lipinski definition) is 4. The third-order valence-electron chi connectivity index (χ3n) is 2.59. The van der Waals surface area contributed by atoms with Crippen LogP contribution in [0.1, 0.15) is 22.3 Å². The minimum Gasteiger partial charge on any atom is -0.352 e. The molecule has 0 radical (unpaired) electrons. The second-order valence-corrected chi connectivity index (χ2v) is 3.96. The van der Waals surface area contributed by atoms with E-state index in [1.165, 1.54) is 6.33 Å². The SMILES string of the molecule is N#Cc1ccc(C(=O)NCCCn2cncn2)cc1. The van der Waals surface area contributed by atoms with E-state index in [0.29, 0.717) is 24.2 Å². The Morgan fingerprint density at radius 2 is 2.16 bits per heavy atom. The van der Waals surface area contributed by atoms with Crippen molar-refractivity contribution in [2.24, 2.45) is 0 Å². The highest BCUT2D eigenvalue weighted by molar-refractivity contribution is 5.94. The van der Waals surface area contributed by atoms with Crippen molar-refractivity contribution in [3.05, 3.63) is 48.0 Å². The van der Waals surface area contributed by atoms with E-state index in [9.17, 15) is 4.79 Å². The first-order valence-corrected chi connectivity index (χ1v) is 5.90. The molecule has 0 fully saturated rings. The average molecular weight is 255 g/mol. The van der Waals surface area contributed by atoms with Gasteiger partial charge in [-0.2, -0.15) is 10.4 Å². The molecular formula is C13H13N5O. The Hall–Kier alpha value is -2.68. The summed E-state index contributed by atoms with van der Waals surface area (Å²) in [7, 11) is 0. The lowest BCUT2D eigenvalue weighted by Crippen LogP contribution is -2.25. The summed E-state index contributed by atoms with van der Waals surface area (Å²) in [6.07, 6.45) is 3.91. The molecule has 1 aromatic carbocycles. The van der Waals surface area contributed by atoms with Crippen LogP contribution < -0.4 is 5.32 Å². The van der Waals surface area contributed by atoms with Crippen molar-refractivity contribution in [1.82, 2.24) is 20.1 Å². The average Bonchev–Trinajstić information content (AvgIpc) is 2.96. The van der Waals surface area contributed by atoms with Gasteiger partial charge in [-0.15, -0.1) is 0 Å². The summed E-state index contributed by atoms with van der Waals surface area (Å²) in [5, 5.41) is 15.5. The number of aryl methyl sites for hydroxylation is 1. The first-order chi connectivity index (χ1) is 9.29. The van der Waals surface area contributed by atoms with Gasteiger partial charge >= 0.3 is 0 Å².